The number of carbonyl (C=O) groups excluding carboxylic acids is 2. The molecule has 0 radical (unpaired) electrons. The number of nitrogens with zero attached hydrogens (tertiary/aromatic N) is 1. The van der Waals surface area contributed by atoms with Crippen molar-refractivity contribution in [2.24, 2.45) is 5.92 Å². The summed E-state index contributed by atoms with van der Waals surface area (Å²) < 4.78 is 29.9. The van der Waals surface area contributed by atoms with Gasteiger partial charge in [0.05, 0.1) is 10.6 Å². The molecule has 0 bridgehead atoms. The van der Waals surface area contributed by atoms with E-state index in [0.717, 1.165) is 0 Å². The summed E-state index contributed by atoms with van der Waals surface area (Å²) in [7, 11) is -3.46. The molecule has 1 aliphatic heterocycles. The van der Waals surface area contributed by atoms with E-state index in [0.29, 0.717) is 25.9 Å². The fourth-order valence-corrected chi connectivity index (χ4v) is 4.07. The lowest BCUT2D eigenvalue weighted by molar-refractivity contribution is 0.0182. The number of rotatable bonds is 4. The molecular formula is C19H27NO5S. The van der Waals surface area contributed by atoms with E-state index < -0.39 is 15.4 Å². The molecule has 7 heteroatoms. The third-order valence-corrected chi connectivity index (χ3v) is 6.17. The molecule has 144 valence electrons. The number of ether oxygens (including phenoxy) is 1. The summed E-state index contributed by atoms with van der Waals surface area (Å²) in [6, 6.07) is 6.37. The number of amides is 1. The van der Waals surface area contributed by atoms with E-state index in [2.05, 4.69) is 0 Å². The molecular weight excluding hydrogens is 354 g/mol. The maximum Gasteiger partial charge on any atom is 0.410 e. The molecule has 0 unspecified atom stereocenters. The molecule has 1 aromatic rings. The highest BCUT2D eigenvalue weighted by Crippen LogP contribution is 2.26. The van der Waals surface area contributed by atoms with Crippen LogP contribution in [0, 0.1) is 5.92 Å². The Hall–Kier alpha value is -1.89. The third-order valence-electron chi connectivity index (χ3n) is 4.39. The van der Waals surface area contributed by atoms with Gasteiger partial charge in [-0.15, -0.1) is 0 Å². The van der Waals surface area contributed by atoms with Crippen LogP contribution in [-0.4, -0.2) is 49.6 Å². The Morgan fingerprint density at radius 1 is 1.15 bits per heavy atom. The molecule has 6 nitrogen and oxygen atoms in total. The van der Waals surface area contributed by atoms with Crippen LogP contribution in [0.3, 0.4) is 0 Å². The van der Waals surface area contributed by atoms with Crippen molar-refractivity contribution in [3.8, 4) is 0 Å². The Bertz CT molecular complexity index is 771. The smallest absolute Gasteiger partial charge is 0.410 e. The lowest BCUT2D eigenvalue weighted by Gasteiger charge is -2.33. The molecule has 1 saturated heterocycles. The van der Waals surface area contributed by atoms with E-state index in [-0.39, 0.29) is 34.0 Å². The summed E-state index contributed by atoms with van der Waals surface area (Å²) in [5.41, 5.74) is -0.304. The van der Waals surface area contributed by atoms with Crippen molar-refractivity contribution in [3.05, 3.63) is 29.8 Å². The molecule has 26 heavy (non-hydrogen) atoms. The summed E-state index contributed by atoms with van der Waals surface area (Å²) >= 11 is 0. The molecule has 0 saturated carbocycles. The molecule has 1 aromatic carbocycles. The summed E-state index contributed by atoms with van der Waals surface area (Å²) in [5.74, 6) is -0.502. The molecule has 0 atom stereocenters. The second-order valence-corrected chi connectivity index (χ2v) is 9.75. The zero-order chi connectivity index (χ0) is 19.5. The standard InChI is InChI=1S/C19H27NO5S/c1-5-26(23,24)16-9-7-6-8-15(16)17(21)14-10-12-20(13-11-14)18(22)25-19(2,3)4/h6-9,14H,5,10-13H2,1-4H3. The zero-order valence-electron chi connectivity index (χ0n) is 15.8. The van der Waals surface area contributed by atoms with Gasteiger partial charge in [0.1, 0.15) is 5.60 Å². The minimum absolute atomic E-state index is 0.0472. The van der Waals surface area contributed by atoms with Crippen molar-refractivity contribution in [1.82, 2.24) is 4.90 Å². The summed E-state index contributed by atoms with van der Waals surface area (Å²) in [6.45, 7) is 7.85. The second kappa shape index (κ2) is 7.78. The molecule has 0 aliphatic carbocycles. The Morgan fingerprint density at radius 2 is 1.73 bits per heavy atom. The zero-order valence-corrected chi connectivity index (χ0v) is 16.6. The lowest BCUT2D eigenvalue weighted by atomic mass is 9.89. The van der Waals surface area contributed by atoms with Gasteiger partial charge in [0.2, 0.25) is 0 Å². The fourth-order valence-electron chi connectivity index (χ4n) is 2.97. The van der Waals surface area contributed by atoms with E-state index >= 15 is 0 Å². The number of carbonyl (C=O) groups is 2. The second-order valence-electron chi connectivity index (χ2n) is 7.51. The van der Waals surface area contributed by atoms with E-state index in [9.17, 15) is 18.0 Å². The maximum absolute atomic E-state index is 12.9. The molecule has 1 fully saturated rings. The fraction of sp³-hybridized carbons (Fsp3) is 0.579. The van der Waals surface area contributed by atoms with Crippen LogP contribution in [0.15, 0.2) is 29.2 Å². The van der Waals surface area contributed by atoms with E-state index in [1.807, 2.05) is 20.8 Å². The first kappa shape index (κ1) is 20.4. The van der Waals surface area contributed by atoms with Gasteiger partial charge in [0, 0.05) is 24.6 Å². The quantitative estimate of drug-likeness (QED) is 0.748. The Kier molecular flexibility index (Phi) is 6.11. The molecule has 1 heterocycles. The summed E-state index contributed by atoms with van der Waals surface area (Å²) in [5, 5.41) is 0. The minimum atomic E-state index is -3.46. The normalized spacial score (nSPS) is 16.4. The highest BCUT2D eigenvalue weighted by atomic mass is 32.2. The largest absolute Gasteiger partial charge is 0.444 e. The number of sulfone groups is 1. The summed E-state index contributed by atoms with van der Waals surface area (Å²) in [6.07, 6.45) is 0.620. The van der Waals surface area contributed by atoms with Gasteiger partial charge in [0.25, 0.3) is 0 Å². The first-order valence-electron chi connectivity index (χ1n) is 8.89. The molecule has 0 N–H and O–H groups in total. The van der Waals surface area contributed by atoms with Crippen molar-refractivity contribution in [2.45, 2.75) is 51.0 Å². The average molecular weight is 381 g/mol. The summed E-state index contributed by atoms with van der Waals surface area (Å²) in [4.78, 5) is 26.7. The topological polar surface area (TPSA) is 80.8 Å². The molecule has 1 aliphatic rings. The first-order valence-corrected chi connectivity index (χ1v) is 10.5. The number of hydrogen-bond donors (Lipinski definition) is 0. The van der Waals surface area contributed by atoms with Crippen LogP contribution in [0.2, 0.25) is 0 Å². The van der Waals surface area contributed by atoms with Crippen LogP contribution in [0.25, 0.3) is 0 Å². The molecule has 1 amide bonds. The number of piperidine rings is 1. The van der Waals surface area contributed by atoms with Crippen LogP contribution in [-0.2, 0) is 14.6 Å². The Labute approximate surface area is 155 Å². The van der Waals surface area contributed by atoms with Crippen molar-refractivity contribution in [2.75, 3.05) is 18.8 Å². The molecule has 2 rings (SSSR count). The van der Waals surface area contributed by atoms with Crippen molar-refractivity contribution in [3.63, 3.8) is 0 Å². The van der Waals surface area contributed by atoms with Gasteiger partial charge in [-0.1, -0.05) is 25.1 Å². The number of ketones is 1. The van der Waals surface area contributed by atoms with Crippen LogP contribution < -0.4 is 0 Å². The van der Waals surface area contributed by atoms with Crippen molar-refractivity contribution in [1.29, 1.82) is 0 Å². The van der Waals surface area contributed by atoms with Crippen LogP contribution in [0.4, 0.5) is 4.79 Å². The average Bonchev–Trinajstić information content (AvgIpc) is 2.60. The Morgan fingerprint density at radius 3 is 2.27 bits per heavy atom. The molecule has 0 spiro atoms. The molecule has 0 aromatic heterocycles. The van der Waals surface area contributed by atoms with Gasteiger partial charge in [-0.2, -0.15) is 0 Å². The lowest BCUT2D eigenvalue weighted by Crippen LogP contribution is -2.43. The van der Waals surface area contributed by atoms with Gasteiger partial charge in [0.15, 0.2) is 15.6 Å². The number of Topliss-reactive ketones (excluding diaryl/α,β-unsaturated/α-hetero) is 1. The third kappa shape index (κ3) is 4.84. The van der Waals surface area contributed by atoms with E-state index in [1.54, 1.807) is 30.0 Å². The predicted molar refractivity (Wildman–Crippen MR) is 99.0 cm³/mol. The SMILES string of the molecule is CCS(=O)(=O)c1ccccc1C(=O)C1CCN(C(=O)OC(C)(C)C)CC1. The van der Waals surface area contributed by atoms with Crippen LogP contribution in [0.5, 0.6) is 0 Å². The minimum Gasteiger partial charge on any atom is -0.444 e. The number of benzene rings is 1. The van der Waals surface area contributed by atoms with Gasteiger partial charge >= 0.3 is 6.09 Å². The van der Waals surface area contributed by atoms with Crippen molar-refractivity contribution >= 4 is 21.7 Å². The maximum atomic E-state index is 12.9. The van der Waals surface area contributed by atoms with Gasteiger partial charge in [-0.3, -0.25) is 4.79 Å². The Balaban J connectivity index is 2.09. The van der Waals surface area contributed by atoms with Gasteiger partial charge < -0.3 is 9.64 Å². The predicted octanol–water partition coefficient (Wildman–Crippen LogP) is 3.31. The van der Waals surface area contributed by atoms with Gasteiger partial charge in [-0.25, -0.2) is 13.2 Å². The monoisotopic (exact) mass is 381 g/mol. The first-order chi connectivity index (χ1) is 12.0. The van der Waals surface area contributed by atoms with Gasteiger partial charge in [-0.05, 0) is 39.7 Å². The van der Waals surface area contributed by atoms with Crippen LogP contribution >= 0.6 is 0 Å². The highest BCUT2D eigenvalue weighted by molar-refractivity contribution is 7.91. The van der Waals surface area contributed by atoms with E-state index in [1.165, 1.54) is 6.07 Å². The number of likely N-dealkylation sites (tertiary alicyclic amines) is 1. The highest BCUT2D eigenvalue weighted by Gasteiger charge is 2.32. The van der Waals surface area contributed by atoms with E-state index in [4.69, 9.17) is 4.74 Å². The van der Waals surface area contributed by atoms with Crippen molar-refractivity contribution < 1.29 is 22.7 Å². The number of hydrogen-bond acceptors (Lipinski definition) is 5. The van der Waals surface area contributed by atoms with Crippen LogP contribution in [0.1, 0.15) is 50.9 Å².